The van der Waals surface area contributed by atoms with Crippen molar-refractivity contribution in [2.45, 2.75) is 6.54 Å². The van der Waals surface area contributed by atoms with Gasteiger partial charge in [-0.3, -0.25) is 9.89 Å². The van der Waals surface area contributed by atoms with Crippen LogP contribution in [0.2, 0.25) is 0 Å². The van der Waals surface area contributed by atoms with E-state index in [9.17, 15) is 14.7 Å². The summed E-state index contributed by atoms with van der Waals surface area (Å²) in [7, 11) is 0. The van der Waals surface area contributed by atoms with Gasteiger partial charge in [-0.1, -0.05) is 18.2 Å². The third kappa shape index (κ3) is 2.61. The number of para-hydroxylation sites is 1. The fraction of sp³-hybridized carbons (Fsp3) is 0.0556. The van der Waals surface area contributed by atoms with Gasteiger partial charge in [0.2, 0.25) is 5.76 Å². The first-order valence-corrected chi connectivity index (χ1v) is 7.58. The van der Waals surface area contributed by atoms with Crippen molar-refractivity contribution in [3.05, 3.63) is 65.5 Å². The number of carboxylic acids is 1. The normalized spacial score (nSPS) is 11.0. The first-order chi connectivity index (χ1) is 12.1. The summed E-state index contributed by atoms with van der Waals surface area (Å²) in [5.74, 6) is -1.63. The molecule has 4 aromatic rings. The molecular weight excluding hydrogens is 322 g/mol. The Morgan fingerprint density at radius 2 is 2.04 bits per heavy atom. The lowest BCUT2D eigenvalue weighted by Gasteiger charge is -2.05. The maximum Gasteiger partial charge on any atom is 0.372 e. The quantitative estimate of drug-likeness (QED) is 0.531. The molecule has 2 aromatic carbocycles. The van der Waals surface area contributed by atoms with Crippen LogP contribution in [0.25, 0.3) is 21.9 Å². The van der Waals surface area contributed by atoms with E-state index in [1.165, 1.54) is 0 Å². The van der Waals surface area contributed by atoms with Crippen LogP contribution in [0.4, 0.5) is 0 Å². The Balaban J connectivity index is 1.62. The summed E-state index contributed by atoms with van der Waals surface area (Å²) in [6.07, 6.45) is 1.64. The van der Waals surface area contributed by atoms with Gasteiger partial charge < -0.3 is 14.8 Å². The highest BCUT2D eigenvalue weighted by Gasteiger charge is 2.20. The minimum atomic E-state index is -1.17. The van der Waals surface area contributed by atoms with Crippen molar-refractivity contribution in [2.75, 3.05) is 0 Å². The minimum Gasteiger partial charge on any atom is -0.475 e. The number of nitrogens with zero attached hydrogens (tertiary/aromatic N) is 1. The molecule has 0 aliphatic rings. The van der Waals surface area contributed by atoms with E-state index >= 15 is 0 Å². The number of hydrogen-bond donors (Lipinski definition) is 3. The van der Waals surface area contributed by atoms with Gasteiger partial charge in [0.15, 0.2) is 0 Å². The molecule has 7 nitrogen and oxygen atoms in total. The van der Waals surface area contributed by atoms with Crippen LogP contribution in [-0.2, 0) is 6.54 Å². The number of aromatic amines is 1. The van der Waals surface area contributed by atoms with Crippen LogP contribution in [-0.4, -0.2) is 27.2 Å². The predicted octanol–water partition coefficient (Wildman–Crippen LogP) is 2.94. The van der Waals surface area contributed by atoms with Crippen molar-refractivity contribution < 1.29 is 19.1 Å². The molecule has 7 heteroatoms. The average Bonchev–Trinajstić information content (AvgIpc) is 3.23. The molecule has 25 heavy (non-hydrogen) atoms. The number of carbonyl (C=O) groups is 2. The Bertz CT molecular complexity index is 1110. The second-order valence-corrected chi connectivity index (χ2v) is 5.57. The number of aromatic carboxylic acids is 1. The highest BCUT2D eigenvalue weighted by atomic mass is 16.4. The zero-order valence-corrected chi connectivity index (χ0v) is 12.9. The largest absolute Gasteiger partial charge is 0.475 e. The average molecular weight is 335 g/mol. The number of hydrogen-bond acceptors (Lipinski definition) is 4. The molecule has 0 radical (unpaired) electrons. The molecular formula is C18H13N3O4. The van der Waals surface area contributed by atoms with Crippen LogP contribution in [0, 0.1) is 0 Å². The van der Waals surface area contributed by atoms with Crippen LogP contribution in [0.5, 0.6) is 0 Å². The van der Waals surface area contributed by atoms with E-state index in [1.807, 2.05) is 0 Å². The van der Waals surface area contributed by atoms with E-state index in [0.29, 0.717) is 22.1 Å². The maximum atomic E-state index is 12.4. The number of furan rings is 1. The van der Waals surface area contributed by atoms with Gasteiger partial charge >= 0.3 is 5.97 Å². The summed E-state index contributed by atoms with van der Waals surface area (Å²) in [6, 6.07) is 12.2. The smallest absolute Gasteiger partial charge is 0.372 e. The van der Waals surface area contributed by atoms with Crippen LogP contribution in [0.15, 0.2) is 53.1 Å². The third-order valence-corrected chi connectivity index (χ3v) is 4.02. The molecule has 0 aliphatic carbocycles. The Kier molecular flexibility index (Phi) is 3.46. The molecule has 1 amide bonds. The van der Waals surface area contributed by atoms with Gasteiger partial charge in [0.25, 0.3) is 5.91 Å². The van der Waals surface area contributed by atoms with Gasteiger partial charge in [0, 0.05) is 28.4 Å². The number of H-pyrrole nitrogens is 1. The van der Waals surface area contributed by atoms with Crippen molar-refractivity contribution >= 4 is 33.7 Å². The van der Waals surface area contributed by atoms with Crippen LogP contribution >= 0.6 is 0 Å². The summed E-state index contributed by atoms with van der Waals surface area (Å²) >= 11 is 0. The van der Waals surface area contributed by atoms with Gasteiger partial charge in [-0.15, -0.1) is 0 Å². The molecule has 0 bridgehead atoms. The Hall–Kier alpha value is -3.61. The van der Waals surface area contributed by atoms with E-state index in [-0.39, 0.29) is 18.2 Å². The van der Waals surface area contributed by atoms with Gasteiger partial charge in [-0.2, -0.15) is 5.10 Å². The van der Waals surface area contributed by atoms with Crippen LogP contribution < -0.4 is 5.32 Å². The Morgan fingerprint density at radius 3 is 2.88 bits per heavy atom. The number of carbonyl (C=O) groups excluding carboxylic acids is 1. The summed E-state index contributed by atoms with van der Waals surface area (Å²) in [6.45, 7) is 0.0565. The number of carboxylic acid groups (broad SMARTS) is 1. The molecule has 124 valence electrons. The standard InChI is InChI=1S/C18H13N3O4/c22-17(10-5-6-14-11(7-10)8-20-21-14)19-9-13-12-3-1-2-4-15(12)25-16(13)18(23)24/h1-8H,9H2,(H,19,22)(H,20,21)(H,23,24). The fourth-order valence-corrected chi connectivity index (χ4v) is 2.80. The van der Waals surface area contributed by atoms with Crippen molar-refractivity contribution in [1.82, 2.24) is 15.5 Å². The van der Waals surface area contributed by atoms with Crippen molar-refractivity contribution in [1.29, 1.82) is 0 Å². The molecule has 0 aliphatic heterocycles. The molecule has 0 saturated heterocycles. The van der Waals surface area contributed by atoms with Gasteiger partial charge in [-0.25, -0.2) is 4.79 Å². The summed E-state index contributed by atoms with van der Waals surface area (Å²) in [5, 5.41) is 20.3. The lowest BCUT2D eigenvalue weighted by atomic mass is 10.1. The molecule has 2 aromatic heterocycles. The monoisotopic (exact) mass is 335 g/mol. The van der Waals surface area contributed by atoms with Crippen LogP contribution in [0.3, 0.4) is 0 Å². The fourth-order valence-electron chi connectivity index (χ4n) is 2.80. The van der Waals surface area contributed by atoms with E-state index < -0.39 is 5.97 Å². The second kappa shape index (κ2) is 5.79. The molecule has 0 atom stereocenters. The van der Waals surface area contributed by atoms with E-state index in [1.54, 1.807) is 48.7 Å². The van der Waals surface area contributed by atoms with Crippen LogP contribution in [0.1, 0.15) is 26.5 Å². The van der Waals surface area contributed by atoms with Crippen molar-refractivity contribution in [2.24, 2.45) is 0 Å². The number of nitrogens with one attached hydrogen (secondary N) is 2. The van der Waals surface area contributed by atoms with Gasteiger partial charge in [-0.05, 0) is 24.3 Å². The Morgan fingerprint density at radius 1 is 1.20 bits per heavy atom. The molecule has 0 fully saturated rings. The maximum absolute atomic E-state index is 12.4. The first kappa shape index (κ1) is 14.9. The summed E-state index contributed by atoms with van der Waals surface area (Å²) in [4.78, 5) is 23.8. The lowest BCUT2D eigenvalue weighted by molar-refractivity contribution is 0.0662. The highest BCUT2D eigenvalue weighted by molar-refractivity contribution is 5.99. The van der Waals surface area contributed by atoms with Gasteiger partial charge in [0.05, 0.1) is 11.7 Å². The zero-order valence-electron chi connectivity index (χ0n) is 12.9. The minimum absolute atomic E-state index is 0.0565. The number of rotatable bonds is 4. The summed E-state index contributed by atoms with van der Waals surface area (Å²) < 4.78 is 5.38. The molecule has 2 heterocycles. The lowest BCUT2D eigenvalue weighted by Crippen LogP contribution is -2.23. The molecule has 0 unspecified atom stereocenters. The van der Waals surface area contributed by atoms with E-state index in [2.05, 4.69) is 15.5 Å². The first-order valence-electron chi connectivity index (χ1n) is 7.58. The number of fused-ring (bicyclic) bond motifs is 2. The zero-order chi connectivity index (χ0) is 17.4. The van der Waals surface area contributed by atoms with Crippen molar-refractivity contribution in [3.8, 4) is 0 Å². The van der Waals surface area contributed by atoms with E-state index in [4.69, 9.17) is 4.42 Å². The highest BCUT2D eigenvalue weighted by Crippen LogP contribution is 2.26. The number of aromatic nitrogens is 2. The van der Waals surface area contributed by atoms with E-state index in [0.717, 1.165) is 10.9 Å². The topological polar surface area (TPSA) is 108 Å². The molecule has 0 saturated carbocycles. The SMILES string of the molecule is O=C(NCc1c(C(=O)O)oc2ccccc12)c1ccc2[nH]ncc2c1. The second-order valence-electron chi connectivity index (χ2n) is 5.57. The Labute approximate surface area is 141 Å². The third-order valence-electron chi connectivity index (χ3n) is 4.02. The molecule has 4 rings (SSSR count). The predicted molar refractivity (Wildman–Crippen MR) is 90.4 cm³/mol. The van der Waals surface area contributed by atoms with Crippen molar-refractivity contribution in [3.63, 3.8) is 0 Å². The molecule has 0 spiro atoms. The number of amides is 1. The summed E-state index contributed by atoms with van der Waals surface area (Å²) in [5.41, 5.74) is 2.23. The number of benzene rings is 2. The molecule has 3 N–H and O–H groups in total. The van der Waals surface area contributed by atoms with Gasteiger partial charge in [0.1, 0.15) is 5.58 Å².